The molecule has 0 amide bonds. The van der Waals surface area contributed by atoms with Crippen LogP contribution in [0.1, 0.15) is 36.6 Å². The second-order valence-corrected chi connectivity index (χ2v) is 6.03. The van der Waals surface area contributed by atoms with Crippen LogP contribution in [0, 0.1) is 0 Å². The first-order chi connectivity index (χ1) is 6.75. The highest BCUT2D eigenvalue weighted by atomic mass is 32.2. The van der Waals surface area contributed by atoms with Crippen molar-refractivity contribution in [3.63, 3.8) is 0 Å². The van der Waals surface area contributed by atoms with E-state index in [-0.39, 0.29) is 0 Å². The van der Waals surface area contributed by atoms with Crippen LogP contribution in [0.25, 0.3) is 0 Å². The fourth-order valence-electron chi connectivity index (χ4n) is 1.61. The molecule has 2 atom stereocenters. The maximum absolute atomic E-state index is 9.34. The Kier molecular flexibility index (Phi) is 3.47. The van der Waals surface area contributed by atoms with Gasteiger partial charge in [-0.15, -0.1) is 11.3 Å². The monoisotopic (exact) mass is 229 g/mol. The van der Waals surface area contributed by atoms with Gasteiger partial charge in [0.25, 0.3) is 0 Å². The van der Waals surface area contributed by atoms with Crippen LogP contribution in [-0.4, -0.2) is 21.1 Å². The van der Waals surface area contributed by atoms with Crippen molar-refractivity contribution in [2.75, 3.05) is 5.75 Å². The Bertz CT molecular complexity index is 292. The lowest BCUT2D eigenvalue weighted by atomic mass is 10.2. The second kappa shape index (κ2) is 4.64. The highest BCUT2D eigenvalue weighted by molar-refractivity contribution is 8.00. The largest absolute Gasteiger partial charge is 0.387 e. The second-order valence-electron chi connectivity index (χ2n) is 3.68. The van der Waals surface area contributed by atoms with Gasteiger partial charge in [0, 0.05) is 17.1 Å². The van der Waals surface area contributed by atoms with Gasteiger partial charge in [-0.2, -0.15) is 11.8 Å². The van der Waals surface area contributed by atoms with Gasteiger partial charge < -0.3 is 5.11 Å². The SMILES string of the molecule is CC(O)c1csc(CC2CCCS2)n1. The lowest BCUT2D eigenvalue weighted by Gasteiger charge is -2.04. The van der Waals surface area contributed by atoms with Gasteiger partial charge in [0.2, 0.25) is 0 Å². The van der Waals surface area contributed by atoms with Gasteiger partial charge in [-0.05, 0) is 25.5 Å². The van der Waals surface area contributed by atoms with Crippen molar-refractivity contribution < 1.29 is 5.11 Å². The average molecular weight is 229 g/mol. The number of nitrogens with zero attached hydrogens (tertiary/aromatic N) is 1. The van der Waals surface area contributed by atoms with Gasteiger partial charge in [0.15, 0.2) is 0 Å². The normalized spacial score (nSPS) is 24.0. The van der Waals surface area contributed by atoms with Crippen molar-refractivity contribution in [2.24, 2.45) is 0 Å². The minimum atomic E-state index is -0.420. The third-order valence-corrected chi connectivity index (χ3v) is 4.71. The van der Waals surface area contributed by atoms with Gasteiger partial charge in [-0.25, -0.2) is 4.98 Å². The zero-order chi connectivity index (χ0) is 9.97. The predicted molar refractivity (Wildman–Crippen MR) is 61.9 cm³/mol. The number of aliphatic hydroxyl groups excluding tert-OH is 1. The number of aromatic nitrogens is 1. The molecule has 2 heterocycles. The zero-order valence-electron chi connectivity index (χ0n) is 8.27. The van der Waals surface area contributed by atoms with E-state index in [9.17, 15) is 5.11 Å². The summed E-state index contributed by atoms with van der Waals surface area (Å²) < 4.78 is 0. The molecule has 2 rings (SSSR count). The number of thiazole rings is 1. The van der Waals surface area contributed by atoms with E-state index in [1.54, 1.807) is 18.3 Å². The Morgan fingerprint density at radius 2 is 2.57 bits per heavy atom. The molecule has 1 saturated heterocycles. The summed E-state index contributed by atoms with van der Waals surface area (Å²) in [4.78, 5) is 4.43. The Morgan fingerprint density at radius 3 is 3.14 bits per heavy atom. The summed E-state index contributed by atoms with van der Waals surface area (Å²) in [6.45, 7) is 1.77. The molecular weight excluding hydrogens is 214 g/mol. The summed E-state index contributed by atoms with van der Waals surface area (Å²) in [5.41, 5.74) is 0.827. The van der Waals surface area contributed by atoms with E-state index in [0.717, 1.165) is 17.4 Å². The first-order valence-electron chi connectivity index (χ1n) is 4.99. The maximum atomic E-state index is 9.34. The minimum absolute atomic E-state index is 0.420. The van der Waals surface area contributed by atoms with E-state index in [1.165, 1.54) is 23.6 Å². The number of hydrogen-bond donors (Lipinski definition) is 1. The van der Waals surface area contributed by atoms with Crippen LogP contribution in [0.3, 0.4) is 0 Å². The lowest BCUT2D eigenvalue weighted by Crippen LogP contribution is -2.01. The molecule has 4 heteroatoms. The summed E-state index contributed by atoms with van der Waals surface area (Å²) in [5.74, 6) is 1.30. The molecule has 0 saturated carbocycles. The first kappa shape index (κ1) is 10.5. The van der Waals surface area contributed by atoms with Crippen molar-refractivity contribution in [1.82, 2.24) is 4.98 Å². The molecule has 78 valence electrons. The van der Waals surface area contributed by atoms with Gasteiger partial charge in [0.1, 0.15) is 0 Å². The Morgan fingerprint density at radius 1 is 1.71 bits per heavy atom. The molecule has 0 aliphatic carbocycles. The Balaban J connectivity index is 1.95. The summed E-state index contributed by atoms with van der Waals surface area (Å²) in [6.07, 6.45) is 3.34. The number of rotatable bonds is 3. The van der Waals surface area contributed by atoms with E-state index < -0.39 is 6.10 Å². The van der Waals surface area contributed by atoms with Crippen LogP contribution in [0.5, 0.6) is 0 Å². The van der Waals surface area contributed by atoms with Gasteiger partial charge >= 0.3 is 0 Å². The van der Waals surface area contributed by atoms with Gasteiger partial charge in [-0.3, -0.25) is 0 Å². The lowest BCUT2D eigenvalue weighted by molar-refractivity contribution is 0.195. The predicted octanol–water partition coefficient (Wildman–Crippen LogP) is 2.63. The van der Waals surface area contributed by atoms with Crippen molar-refractivity contribution in [2.45, 2.75) is 37.5 Å². The Hall–Kier alpha value is -0.0600. The molecule has 0 aromatic carbocycles. The zero-order valence-corrected chi connectivity index (χ0v) is 9.90. The van der Waals surface area contributed by atoms with E-state index >= 15 is 0 Å². The standard InChI is InChI=1S/C10H15NOS2/c1-7(12)9-6-14-10(11-9)5-8-3-2-4-13-8/h6-8,12H,2-5H2,1H3. The maximum Gasteiger partial charge on any atom is 0.0940 e. The smallest absolute Gasteiger partial charge is 0.0940 e. The van der Waals surface area contributed by atoms with Crippen molar-refractivity contribution in [1.29, 1.82) is 0 Å². The third-order valence-electron chi connectivity index (χ3n) is 2.42. The fourth-order valence-corrected chi connectivity index (χ4v) is 3.95. The molecule has 1 aliphatic heterocycles. The highest BCUT2D eigenvalue weighted by Gasteiger charge is 2.18. The Labute approximate surface area is 92.8 Å². The molecule has 0 radical (unpaired) electrons. The van der Waals surface area contributed by atoms with E-state index in [0.29, 0.717) is 0 Å². The topological polar surface area (TPSA) is 33.1 Å². The van der Waals surface area contributed by atoms with E-state index in [4.69, 9.17) is 0 Å². The molecule has 0 bridgehead atoms. The van der Waals surface area contributed by atoms with Gasteiger partial charge in [-0.1, -0.05) is 0 Å². The van der Waals surface area contributed by atoms with E-state index in [1.807, 2.05) is 5.38 Å². The molecular formula is C10H15NOS2. The van der Waals surface area contributed by atoms with Gasteiger partial charge in [0.05, 0.1) is 16.8 Å². The third kappa shape index (κ3) is 2.49. The number of thioether (sulfide) groups is 1. The van der Waals surface area contributed by atoms with Crippen LogP contribution in [-0.2, 0) is 6.42 Å². The summed E-state index contributed by atoms with van der Waals surface area (Å²) >= 11 is 3.74. The van der Waals surface area contributed by atoms with E-state index in [2.05, 4.69) is 16.7 Å². The molecule has 1 fully saturated rings. The summed E-state index contributed by atoms with van der Waals surface area (Å²) in [7, 11) is 0. The molecule has 1 aromatic heterocycles. The van der Waals surface area contributed by atoms with Crippen molar-refractivity contribution >= 4 is 23.1 Å². The number of aliphatic hydroxyl groups is 1. The molecule has 14 heavy (non-hydrogen) atoms. The number of hydrogen-bond acceptors (Lipinski definition) is 4. The fraction of sp³-hybridized carbons (Fsp3) is 0.700. The van der Waals surface area contributed by atoms with Crippen LogP contribution < -0.4 is 0 Å². The van der Waals surface area contributed by atoms with Crippen LogP contribution >= 0.6 is 23.1 Å². The average Bonchev–Trinajstić information content (AvgIpc) is 2.75. The molecule has 1 aliphatic rings. The highest BCUT2D eigenvalue weighted by Crippen LogP contribution is 2.30. The summed E-state index contributed by atoms with van der Waals surface area (Å²) in [5, 5.41) is 13.3. The molecule has 1 N–H and O–H groups in total. The van der Waals surface area contributed by atoms with Crippen molar-refractivity contribution in [3.8, 4) is 0 Å². The molecule has 2 unspecified atom stereocenters. The quantitative estimate of drug-likeness (QED) is 0.865. The molecule has 2 nitrogen and oxygen atoms in total. The summed E-state index contributed by atoms with van der Waals surface area (Å²) in [6, 6.07) is 0. The van der Waals surface area contributed by atoms with Crippen LogP contribution in [0.15, 0.2) is 5.38 Å². The molecule has 1 aromatic rings. The van der Waals surface area contributed by atoms with Crippen LogP contribution in [0.4, 0.5) is 0 Å². The first-order valence-corrected chi connectivity index (χ1v) is 6.92. The molecule has 0 spiro atoms. The minimum Gasteiger partial charge on any atom is -0.387 e. The van der Waals surface area contributed by atoms with Crippen LogP contribution in [0.2, 0.25) is 0 Å². The van der Waals surface area contributed by atoms with Crippen molar-refractivity contribution in [3.05, 3.63) is 16.1 Å².